The van der Waals surface area contributed by atoms with Crippen LogP contribution >= 0.6 is 28.6 Å². The number of thiol groups is 1. The first-order chi connectivity index (χ1) is 18.0. The lowest BCUT2D eigenvalue weighted by molar-refractivity contribution is -0.128. The minimum atomic E-state index is -0.743. The lowest BCUT2D eigenvalue weighted by Gasteiger charge is -2.29. The lowest BCUT2D eigenvalue weighted by atomic mass is 10.0. The highest BCUT2D eigenvalue weighted by molar-refractivity contribution is 9.10. The summed E-state index contributed by atoms with van der Waals surface area (Å²) in [5.41, 5.74) is 1.42. The zero-order valence-electron chi connectivity index (χ0n) is 21.8. The number of rotatable bonds is 11. The molecule has 0 aliphatic carbocycles. The average molecular weight is 608 g/mol. The summed E-state index contributed by atoms with van der Waals surface area (Å²) in [6, 6.07) is 6.54. The quantitative estimate of drug-likeness (QED) is 0.169. The number of nitrogens with zero attached hydrogens (tertiary/aromatic N) is 3. The molecule has 0 radical (unpaired) electrons. The first-order valence-corrected chi connectivity index (χ1v) is 13.7. The SMILES string of the molecule is CC(=O)NC(C(=O)NCCCNc1nc(Nc2cccc(NC(=O)N3CCCC3)c2)ncc1Br)C(C)(C)S. The highest BCUT2D eigenvalue weighted by atomic mass is 79.9. The third kappa shape index (κ3) is 9.05. The summed E-state index contributed by atoms with van der Waals surface area (Å²) in [4.78, 5) is 47.0. The molecule has 1 unspecified atom stereocenters. The van der Waals surface area contributed by atoms with E-state index in [1.54, 1.807) is 20.0 Å². The Hall–Kier alpha value is -3.06. The topological polar surface area (TPSA) is 140 Å². The summed E-state index contributed by atoms with van der Waals surface area (Å²) >= 11 is 7.89. The molecule has 1 saturated heterocycles. The third-order valence-corrected chi connectivity index (χ3v) is 6.61. The maximum absolute atomic E-state index is 12.5. The summed E-state index contributed by atoms with van der Waals surface area (Å²) in [6.07, 6.45) is 4.34. The fourth-order valence-corrected chi connectivity index (χ4v) is 4.37. The van der Waals surface area contributed by atoms with Gasteiger partial charge in [-0.05, 0) is 67.2 Å². The first kappa shape index (κ1) is 29.5. The fourth-order valence-electron chi connectivity index (χ4n) is 3.85. The molecule has 11 nitrogen and oxygen atoms in total. The van der Waals surface area contributed by atoms with Crippen LogP contribution in [0.4, 0.5) is 27.9 Å². The minimum Gasteiger partial charge on any atom is -0.369 e. The van der Waals surface area contributed by atoms with Gasteiger partial charge in [-0.2, -0.15) is 17.6 Å². The van der Waals surface area contributed by atoms with Gasteiger partial charge in [0.15, 0.2) is 0 Å². The van der Waals surface area contributed by atoms with Gasteiger partial charge in [-0.25, -0.2) is 9.78 Å². The highest BCUT2D eigenvalue weighted by Crippen LogP contribution is 2.24. The Morgan fingerprint density at radius 2 is 1.87 bits per heavy atom. The zero-order chi connectivity index (χ0) is 27.7. The van der Waals surface area contributed by atoms with Crippen LogP contribution in [0.5, 0.6) is 0 Å². The fraction of sp³-hybridized carbons (Fsp3) is 0.480. The van der Waals surface area contributed by atoms with Crippen LogP contribution in [0.3, 0.4) is 0 Å². The Kier molecular flexibility index (Phi) is 10.6. The van der Waals surface area contributed by atoms with Crippen molar-refractivity contribution in [2.45, 2.75) is 50.8 Å². The van der Waals surface area contributed by atoms with Gasteiger partial charge in [0.2, 0.25) is 17.8 Å². The molecule has 0 bridgehead atoms. The van der Waals surface area contributed by atoms with Gasteiger partial charge in [-0.3, -0.25) is 9.59 Å². The summed E-state index contributed by atoms with van der Waals surface area (Å²) in [5, 5.41) is 14.8. The molecule has 1 aromatic heterocycles. The van der Waals surface area contributed by atoms with Gasteiger partial charge in [0, 0.05) is 55.4 Å². The van der Waals surface area contributed by atoms with Crippen LogP contribution in [0.25, 0.3) is 0 Å². The second kappa shape index (κ2) is 13.7. The highest BCUT2D eigenvalue weighted by Gasteiger charge is 2.32. The minimum absolute atomic E-state index is 0.0952. The third-order valence-electron chi connectivity index (χ3n) is 5.77. The van der Waals surface area contributed by atoms with E-state index in [1.165, 1.54) is 6.92 Å². The Labute approximate surface area is 236 Å². The number of benzene rings is 1. The molecule has 3 rings (SSSR count). The number of carbonyl (C=O) groups is 3. The molecule has 2 aromatic rings. The van der Waals surface area contributed by atoms with Crippen LogP contribution in [0.15, 0.2) is 34.9 Å². The van der Waals surface area contributed by atoms with E-state index in [-0.39, 0.29) is 17.8 Å². The van der Waals surface area contributed by atoms with Crippen LogP contribution in [0, 0.1) is 0 Å². The van der Waals surface area contributed by atoms with E-state index in [2.05, 4.69) is 65.1 Å². The van der Waals surface area contributed by atoms with Gasteiger partial charge in [-0.1, -0.05) is 6.07 Å². The van der Waals surface area contributed by atoms with Crippen molar-refractivity contribution in [2.24, 2.45) is 0 Å². The second-order valence-electron chi connectivity index (χ2n) is 9.58. The largest absolute Gasteiger partial charge is 0.369 e. The molecule has 0 spiro atoms. The molecule has 4 amide bonds. The van der Waals surface area contributed by atoms with Crippen molar-refractivity contribution in [1.82, 2.24) is 25.5 Å². The lowest BCUT2D eigenvalue weighted by Crippen LogP contribution is -2.55. The van der Waals surface area contributed by atoms with Crippen molar-refractivity contribution in [1.29, 1.82) is 0 Å². The van der Waals surface area contributed by atoms with Crippen LogP contribution < -0.4 is 26.6 Å². The molecule has 0 saturated carbocycles. The van der Waals surface area contributed by atoms with Gasteiger partial charge in [0.05, 0.1) is 4.47 Å². The summed E-state index contributed by atoms with van der Waals surface area (Å²) in [5.74, 6) is 0.417. The number of nitrogens with one attached hydrogen (secondary N) is 5. The van der Waals surface area contributed by atoms with Crippen molar-refractivity contribution in [2.75, 3.05) is 42.1 Å². The number of likely N-dealkylation sites (tertiary alicyclic amines) is 1. The van der Waals surface area contributed by atoms with Crippen molar-refractivity contribution in [3.8, 4) is 0 Å². The Morgan fingerprint density at radius 1 is 1.16 bits per heavy atom. The van der Waals surface area contributed by atoms with Crippen LogP contribution in [0.2, 0.25) is 0 Å². The summed E-state index contributed by atoms with van der Waals surface area (Å²) < 4.78 is -0.0105. The molecule has 2 heterocycles. The monoisotopic (exact) mass is 606 g/mol. The van der Waals surface area contributed by atoms with E-state index in [9.17, 15) is 14.4 Å². The normalized spacial score (nSPS) is 14.0. The molecule has 1 fully saturated rings. The number of carbonyl (C=O) groups excluding carboxylic acids is 3. The van der Waals surface area contributed by atoms with Gasteiger partial charge in [0.1, 0.15) is 11.9 Å². The molecule has 206 valence electrons. The standard InChI is InChI=1S/C25H35BrN8O3S/c1-16(35)30-20(25(2,3)38)22(36)28-11-7-10-27-21-19(26)15-29-23(33-21)31-17-8-6-9-18(14-17)32-24(37)34-12-4-5-13-34/h6,8-9,14-15,20,38H,4-5,7,10-13H2,1-3H3,(H,28,36)(H,30,35)(H,32,37)(H2,27,29,31,33). The van der Waals surface area contributed by atoms with Crippen LogP contribution in [-0.2, 0) is 9.59 Å². The number of halogens is 1. The van der Waals surface area contributed by atoms with E-state index in [1.807, 2.05) is 29.2 Å². The average Bonchev–Trinajstić information content (AvgIpc) is 3.39. The van der Waals surface area contributed by atoms with Crippen molar-refractivity contribution >= 4 is 69.5 Å². The van der Waals surface area contributed by atoms with Crippen molar-refractivity contribution in [3.63, 3.8) is 0 Å². The summed E-state index contributed by atoms with van der Waals surface area (Å²) in [7, 11) is 0. The molecule has 1 aliphatic heterocycles. The van der Waals surface area contributed by atoms with Crippen LogP contribution in [-0.4, -0.2) is 69.7 Å². The molecule has 38 heavy (non-hydrogen) atoms. The van der Waals surface area contributed by atoms with E-state index < -0.39 is 10.8 Å². The maximum atomic E-state index is 12.5. The molecule has 1 aromatic carbocycles. The van der Waals surface area contributed by atoms with Crippen molar-refractivity contribution in [3.05, 3.63) is 34.9 Å². The molecule has 1 atom stereocenters. The summed E-state index contributed by atoms with van der Waals surface area (Å²) in [6.45, 7) is 7.44. The van der Waals surface area contributed by atoms with Gasteiger partial charge >= 0.3 is 6.03 Å². The molecule has 1 aliphatic rings. The predicted octanol–water partition coefficient (Wildman–Crippen LogP) is 3.74. The molecule has 5 N–H and O–H groups in total. The van der Waals surface area contributed by atoms with E-state index in [0.29, 0.717) is 41.4 Å². The second-order valence-corrected chi connectivity index (χ2v) is 11.6. The number of aromatic nitrogens is 2. The predicted molar refractivity (Wildman–Crippen MR) is 156 cm³/mol. The number of urea groups is 1. The maximum Gasteiger partial charge on any atom is 0.321 e. The number of hydrogen-bond acceptors (Lipinski definition) is 8. The van der Waals surface area contributed by atoms with Crippen LogP contribution in [0.1, 0.15) is 40.0 Å². The van der Waals surface area contributed by atoms with E-state index >= 15 is 0 Å². The first-order valence-electron chi connectivity index (χ1n) is 12.5. The smallest absolute Gasteiger partial charge is 0.321 e. The number of amides is 4. The van der Waals surface area contributed by atoms with Gasteiger partial charge in [0.25, 0.3) is 0 Å². The van der Waals surface area contributed by atoms with Crippen molar-refractivity contribution < 1.29 is 14.4 Å². The van der Waals surface area contributed by atoms with Gasteiger partial charge < -0.3 is 31.5 Å². The molecular formula is C25H35BrN8O3S. The Bertz CT molecular complexity index is 1140. The van der Waals surface area contributed by atoms with Gasteiger partial charge in [-0.15, -0.1) is 0 Å². The van der Waals surface area contributed by atoms with E-state index in [4.69, 9.17) is 0 Å². The Morgan fingerprint density at radius 3 is 2.55 bits per heavy atom. The molecule has 13 heteroatoms. The molecular weight excluding hydrogens is 572 g/mol. The number of anilines is 4. The number of hydrogen-bond donors (Lipinski definition) is 6. The Balaban J connectivity index is 1.50. The zero-order valence-corrected chi connectivity index (χ0v) is 24.3. The van der Waals surface area contributed by atoms with E-state index in [0.717, 1.165) is 31.6 Å².